The molecule has 0 aliphatic carbocycles. The van der Waals surface area contributed by atoms with Gasteiger partial charge in [-0.05, 0) is 12.3 Å². The monoisotopic (exact) mass is 540 g/mol. The third-order valence-corrected chi connectivity index (χ3v) is 5.62. The van der Waals surface area contributed by atoms with Crippen molar-refractivity contribution >= 4 is 28.2 Å². The van der Waals surface area contributed by atoms with Crippen LogP contribution in [0, 0.1) is 5.92 Å². The van der Waals surface area contributed by atoms with Crippen molar-refractivity contribution in [1.82, 2.24) is 5.32 Å². The van der Waals surface area contributed by atoms with Gasteiger partial charge in [0.25, 0.3) is 0 Å². The maximum absolute atomic E-state index is 11.4. The molecule has 0 rings (SSSR count). The highest BCUT2D eigenvalue weighted by Gasteiger charge is 2.14. The Morgan fingerprint density at radius 2 is 1.25 bits per heavy atom. The van der Waals surface area contributed by atoms with E-state index in [2.05, 4.69) is 23.3 Å². The largest absolute Gasteiger partial charge is 0.481 e. The first-order chi connectivity index (χ1) is 16.9. The number of hydrogen-bond donors (Lipinski definition) is 5. The Balaban J connectivity index is 0. The Hall–Kier alpha value is -1.76. The van der Waals surface area contributed by atoms with Crippen LogP contribution in [0.15, 0.2) is 0 Å². The van der Waals surface area contributed by atoms with Crippen molar-refractivity contribution in [3.05, 3.63) is 0 Å². The molecule has 0 saturated carbocycles. The van der Waals surface area contributed by atoms with Gasteiger partial charge in [-0.2, -0.15) is 8.42 Å². The molecule has 36 heavy (non-hydrogen) atoms. The predicted octanol–water partition coefficient (Wildman–Crippen LogP) is 3.69. The lowest BCUT2D eigenvalue weighted by atomic mass is 10.0. The Morgan fingerprint density at radius 1 is 0.806 bits per heavy atom. The fourth-order valence-corrected chi connectivity index (χ4v) is 3.61. The zero-order valence-corrected chi connectivity index (χ0v) is 22.8. The van der Waals surface area contributed by atoms with Crippen molar-refractivity contribution in [3.8, 4) is 0 Å². The number of aliphatic hydroxyl groups excluding tert-OH is 1. The highest BCUT2D eigenvalue weighted by atomic mass is 32.3. The minimum absolute atomic E-state index is 0.0731. The van der Waals surface area contributed by atoms with Crippen LogP contribution in [0.4, 0.5) is 0 Å². The topological polar surface area (TPSA) is 193 Å². The molecule has 1 atom stereocenters. The van der Waals surface area contributed by atoms with E-state index in [-0.39, 0.29) is 12.5 Å². The summed E-state index contributed by atoms with van der Waals surface area (Å²) in [5, 5.41) is 19.7. The van der Waals surface area contributed by atoms with E-state index in [0.29, 0.717) is 6.42 Å². The average Bonchev–Trinajstić information content (AvgIpc) is 2.77. The van der Waals surface area contributed by atoms with Gasteiger partial charge in [0.05, 0.1) is 12.8 Å². The van der Waals surface area contributed by atoms with Gasteiger partial charge in [0.15, 0.2) is 0 Å². The molecule has 0 radical (unpaired) electrons. The van der Waals surface area contributed by atoms with Gasteiger partial charge in [-0.3, -0.25) is 18.9 Å². The molecule has 214 valence electrons. The fourth-order valence-electron chi connectivity index (χ4n) is 3.29. The molecule has 12 heteroatoms. The van der Waals surface area contributed by atoms with Crippen molar-refractivity contribution < 1.29 is 41.8 Å². The second-order valence-electron chi connectivity index (χ2n) is 9.27. The van der Waals surface area contributed by atoms with E-state index in [1.807, 2.05) is 0 Å². The zero-order chi connectivity index (χ0) is 27.8. The van der Waals surface area contributed by atoms with Gasteiger partial charge in [0.2, 0.25) is 5.91 Å². The molecule has 11 nitrogen and oxygen atoms in total. The summed E-state index contributed by atoms with van der Waals surface area (Å²) >= 11 is 0. The molecule has 0 aliphatic heterocycles. The highest BCUT2D eigenvalue weighted by molar-refractivity contribution is 7.81. The van der Waals surface area contributed by atoms with Gasteiger partial charge in [-0.1, -0.05) is 90.9 Å². The normalized spacial score (nSPS) is 11.9. The summed E-state index contributed by atoms with van der Waals surface area (Å²) < 4.78 is 31.1. The molecule has 0 heterocycles. The Morgan fingerprint density at radius 3 is 1.64 bits per heavy atom. The van der Waals surface area contributed by atoms with Gasteiger partial charge in [0, 0.05) is 13.0 Å². The standard InChI is InChI=1S/C20H42N2O2.C4H6O7S/c1-18(2)15-13-11-9-7-5-3-4-6-8-10-12-14-16-19(23)22-20(24)17-21;5-3(6)1-2-4(7)11-12(8,9)10/h18,20,24H,3-17,21H2,1-2H3,(H,22,23);1-2H2,(H,5,6)(H,8,9,10). The maximum Gasteiger partial charge on any atom is 0.448 e. The smallest absolute Gasteiger partial charge is 0.448 e. The Labute approximate surface area is 216 Å². The van der Waals surface area contributed by atoms with Crippen LogP contribution in [-0.4, -0.2) is 53.8 Å². The lowest BCUT2D eigenvalue weighted by Crippen LogP contribution is -2.39. The quantitative estimate of drug-likeness (QED) is 0.0814. The van der Waals surface area contributed by atoms with Crippen molar-refractivity contribution in [1.29, 1.82) is 0 Å². The van der Waals surface area contributed by atoms with Gasteiger partial charge >= 0.3 is 22.3 Å². The van der Waals surface area contributed by atoms with Crippen molar-refractivity contribution in [2.75, 3.05) is 6.54 Å². The Kier molecular flexibility index (Phi) is 23.9. The molecule has 0 fully saturated rings. The molecular formula is C24H48N2O9S. The number of aliphatic carboxylic acids is 1. The number of nitrogens with one attached hydrogen (secondary N) is 1. The molecule has 0 aromatic carbocycles. The first-order valence-corrected chi connectivity index (χ1v) is 14.3. The number of carbonyl (C=O) groups is 3. The number of carbonyl (C=O) groups excluding carboxylic acids is 2. The summed E-state index contributed by atoms with van der Waals surface area (Å²) in [5.41, 5.74) is 5.24. The van der Waals surface area contributed by atoms with E-state index in [0.717, 1.165) is 18.8 Å². The van der Waals surface area contributed by atoms with E-state index in [9.17, 15) is 27.9 Å². The number of rotatable bonds is 21. The summed E-state index contributed by atoms with van der Waals surface area (Å²) in [6.07, 6.45) is 15.4. The fraction of sp³-hybridized carbons (Fsp3) is 0.875. The van der Waals surface area contributed by atoms with Crippen LogP contribution in [-0.2, 0) is 29.0 Å². The SMILES string of the molecule is CC(C)CCCCCCCCCCCCCCC(=O)NC(O)CN.O=C(O)CCC(=O)OS(=O)(=O)O. The molecule has 1 unspecified atom stereocenters. The second kappa shape index (κ2) is 23.6. The molecule has 0 aromatic rings. The van der Waals surface area contributed by atoms with Crippen LogP contribution in [0.1, 0.15) is 117 Å². The summed E-state index contributed by atoms with van der Waals surface area (Å²) in [6.45, 7) is 4.69. The number of aliphatic hydroxyl groups is 1. The molecule has 0 aliphatic rings. The van der Waals surface area contributed by atoms with E-state index < -0.39 is 41.4 Å². The lowest BCUT2D eigenvalue weighted by Gasteiger charge is -2.09. The maximum atomic E-state index is 11.4. The van der Waals surface area contributed by atoms with Crippen LogP contribution in [0.25, 0.3) is 0 Å². The molecule has 6 N–H and O–H groups in total. The lowest BCUT2D eigenvalue weighted by molar-refractivity contribution is -0.142. The summed E-state index contributed by atoms with van der Waals surface area (Å²) in [4.78, 5) is 31.6. The summed E-state index contributed by atoms with van der Waals surface area (Å²) in [5.74, 6) is -1.81. The third-order valence-electron chi connectivity index (χ3n) is 5.23. The summed E-state index contributed by atoms with van der Waals surface area (Å²) in [6, 6.07) is 0. The van der Waals surface area contributed by atoms with Gasteiger partial charge < -0.3 is 25.4 Å². The number of nitrogens with two attached hydrogens (primary N) is 1. The van der Waals surface area contributed by atoms with Gasteiger partial charge in [-0.25, -0.2) is 0 Å². The minimum atomic E-state index is -4.81. The van der Waals surface area contributed by atoms with Crippen LogP contribution in [0.3, 0.4) is 0 Å². The van der Waals surface area contributed by atoms with Gasteiger partial charge in [0.1, 0.15) is 6.23 Å². The van der Waals surface area contributed by atoms with Gasteiger partial charge in [-0.15, -0.1) is 0 Å². The average molecular weight is 541 g/mol. The first kappa shape index (κ1) is 36.4. The van der Waals surface area contributed by atoms with Crippen LogP contribution in [0.2, 0.25) is 0 Å². The molecular weight excluding hydrogens is 492 g/mol. The first-order valence-electron chi connectivity index (χ1n) is 13.0. The molecule has 0 spiro atoms. The van der Waals surface area contributed by atoms with Crippen LogP contribution < -0.4 is 11.1 Å². The minimum Gasteiger partial charge on any atom is -0.481 e. The number of amides is 1. The molecule has 0 bridgehead atoms. The number of hydrogen-bond acceptors (Lipinski definition) is 8. The van der Waals surface area contributed by atoms with E-state index in [1.165, 1.54) is 70.6 Å². The molecule has 0 aromatic heterocycles. The van der Waals surface area contributed by atoms with E-state index in [4.69, 9.17) is 15.4 Å². The highest BCUT2D eigenvalue weighted by Crippen LogP contribution is 2.14. The van der Waals surface area contributed by atoms with E-state index in [1.54, 1.807) is 0 Å². The summed E-state index contributed by atoms with van der Waals surface area (Å²) in [7, 11) is -4.81. The third kappa shape index (κ3) is 32.2. The molecule has 0 saturated heterocycles. The van der Waals surface area contributed by atoms with Crippen molar-refractivity contribution in [3.63, 3.8) is 0 Å². The zero-order valence-electron chi connectivity index (χ0n) is 22.0. The number of carboxylic acids is 1. The second-order valence-corrected chi connectivity index (χ2v) is 10.3. The molecule has 1 amide bonds. The van der Waals surface area contributed by atoms with E-state index >= 15 is 0 Å². The number of carboxylic acid groups (broad SMARTS) is 1. The Bertz CT molecular complexity index is 685. The van der Waals surface area contributed by atoms with Crippen LogP contribution in [0.5, 0.6) is 0 Å². The van der Waals surface area contributed by atoms with Crippen LogP contribution >= 0.6 is 0 Å². The predicted molar refractivity (Wildman–Crippen MR) is 137 cm³/mol. The van der Waals surface area contributed by atoms with Crippen molar-refractivity contribution in [2.45, 2.75) is 123 Å². The number of unbranched alkanes of at least 4 members (excludes halogenated alkanes) is 11. The van der Waals surface area contributed by atoms with Crippen molar-refractivity contribution in [2.24, 2.45) is 11.7 Å².